The lowest BCUT2D eigenvalue weighted by Crippen LogP contribution is -2.32. The van der Waals surface area contributed by atoms with Gasteiger partial charge in [0, 0.05) is 30.2 Å². The lowest BCUT2D eigenvalue weighted by molar-refractivity contribution is -0.126. The summed E-state index contributed by atoms with van der Waals surface area (Å²) in [6.45, 7) is 4.78. The van der Waals surface area contributed by atoms with Crippen molar-refractivity contribution in [2.75, 3.05) is 18.0 Å². The lowest BCUT2D eigenvalue weighted by Gasteiger charge is -2.17. The summed E-state index contributed by atoms with van der Waals surface area (Å²) in [5.41, 5.74) is 1.73. The minimum atomic E-state index is -0.271. The highest BCUT2D eigenvalue weighted by atomic mass is 35.5. The molecular weight excluding hydrogens is 264 g/mol. The van der Waals surface area contributed by atoms with Crippen molar-refractivity contribution >= 4 is 29.1 Å². The predicted molar refractivity (Wildman–Crippen MR) is 75.3 cm³/mol. The first-order chi connectivity index (χ1) is 9.02. The Balaban J connectivity index is 2.15. The molecule has 0 aliphatic carbocycles. The monoisotopic (exact) mass is 280 g/mol. The molecule has 0 unspecified atom stereocenters. The Bertz CT molecular complexity index is 516. The van der Waals surface area contributed by atoms with E-state index in [9.17, 15) is 9.59 Å². The first kappa shape index (κ1) is 13.9. The number of anilines is 1. The van der Waals surface area contributed by atoms with Crippen LogP contribution in [0.1, 0.15) is 18.9 Å². The molecule has 1 saturated heterocycles. The summed E-state index contributed by atoms with van der Waals surface area (Å²) in [7, 11) is 0. The van der Waals surface area contributed by atoms with E-state index in [-0.39, 0.29) is 24.2 Å². The Kier molecular flexibility index (Phi) is 4.10. The highest BCUT2D eigenvalue weighted by molar-refractivity contribution is 6.31. The summed E-state index contributed by atoms with van der Waals surface area (Å²) < 4.78 is 0. The third kappa shape index (κ3) is 2.89. The summed E-state index contributed by atoms with van der Waals surface area (Å²) >= 11 is 6.07. The van der Waals surface area contributed by atoms with Gasteiger partial charge in [0.05, 0.1) is 5.92 Å². The van der Waals surface area contributed by atoms with Crippen LogP contribution in [0, 0.1) is 12.8 Å². The standard InChI is InChI=1S/C14H17ClN2O2/c1-3-16-14(19)10-6-13(18)17(8-10)11-5-4-9(2)12(15)7-11/h4-5,7,10H,3,6,8H2,1-2H3,(H,16,19)/t10-/m0/s1. The second-order valence-electron chi connectivity index (χ2n) is 4.73. The number of nitrogens with one attached hydrogen (secondary N) is 1. The van der Waals surface area contributed by atoms with Crippen molar-refractivity contribution in [2.45, 2.75) is 20.3 Å². The third-order valence-electron chi connectivity index (χ3n) is 3.31. The molecule has 1 atom stereocenters. The van der Waals surface area contributed by atoms with Crippen molar-refractivity contribution in [3.63, 3.8) is 0 Å². The molecule has 5 heteroatoms. The number of carbonyl (C=O) groups is 2. The van der Waals surface area contributed by atoms with Gasteiger partial charge in [-0.05, 0) is 31.5 Å². The zero-order chi connectivity index (χ0) is 14.0. The normalized spacial score (nSPS) is 18.8. The van der Waals surface area contributed by atoms with Crippen molar-refractivity contribution in [1.82, 2.24) is 5.32 Å². The number of carbonyl (C=O) groups excluding carboxylic acids is 2. The number of hydrogen-bond donors (Lipinski definition) is 1. The van der Waals surface area contributed by atoms with E-state index in [0.29, 0.717) is 18.1 Å². The van der Waals surface area contributed by atoms with Crippen molar-refractivity contribution in [3.8, 4) is 0 Å². The van der Waals surface area contributed by atoms with E-state index < -0.39 is 0 Å². The largest absolute Gasteiger partial charge is 0.356 e. The summed E-state index contributed by atoms with van der Waals surface area (Å²) in [5, 5.41) is 3.39. The molecule has 0 saturated carbocycles. The maximum absolute atomic E-state index is 12.0. The molecule has 102 valence electrons. The molecule has 19 heavy (non-hydrogen) atoms. The Morgan fingerprint density at radius 2 is 2.26 bits per heavy atom. The molecule has 0 spiro atoms. The predicted octanol–water partition coefficient (Wildman–Crippen LogP) is 2.14. The highest BCUT2D eigenvalue weighted by Crippen LogP contribution is 2.28. The van der Waals surface area contributed by atoms with Crippen LogP contribution in [0.3, 0.4) is 0 Å². The molecule has 2 rings (SSSR count). The average molecular weight is 281 g/mol. The van der Waals surface area contributed by atoms with Gasteiger partial charge in [0.2, 0.25) is 11.8 Å². The first-order valence-corrected chi connectivity index (χ1v) is 6.75. The summed E-state index contributed by atoms with van der Waals surface area (Å²) in [4.78, 5) is 25.4. The molecule has 1 aromatic carbocycles. The number of nitrogens with zero attached hydrogens (tertiary/aromatic N) is 1. The van der Waals surface area contributed by atoms with E-state index in [1.165, 1.54) is 0 Å². The second kappa shape index (κ2) is 5.61. The average Bonchev–Trinajstić information content (AvgIpc) is 2.75. The SMILES string of the molecule is CCNC(=O)[C@H]1CC(=O)N(c2ccc(C)c(Cl)c2)C1. The number of rotatable bonds is 3. The number of hydrogen-bond acceptors (Lipinski definition) is 2. The third-order valence-corrected chi connectivity index (χ3v) is 3.72. The number of amides is 2. The minimum Gasteiger partial charge on any atom is -0.356 e. The molecule has 0 bridgehead atoms. The fourth-order valence-corrected chi connectivity index (χ4v) is 2.38. The smallest absolute Gasteiger partial charge is 0.227 e. The molecule has 4 nitrogen and oxygen atoms in total. The second-order valence-corrected chi connectivity index (χ2v) is 5.14. The van der Waals surface area contributed by atoms with Gasteiger partial charge >= 0.3 is 0 Å². The van der Waals surface area contributed by atoms with Crippen molar-refractivity contribution in [3.05, 3.63) is 28.8 Å². The van der Waals surface area contributed by atoms with Gasteiger partial charge in [0.15, 0.2) is 0 Å². The highest BCUT2D eigenvalue weighted by Gasteiger charge is 2.34. The molecule has 1 N–H and O–H groups in total. The molecule has 1 aromatic rings. The van der Waals surface area contributed by atoms with E-state index in [4.69, 9.17) is 11.6 Å². The van der Waals surface area contributed by atoms with E-state index >= 15 is 0 Å². The lowest BCUT2D eigenvalue weighted by atomic mass is 10.1. The van der Waals surface area contributed by atoms with Crippen LogP contribution in [0.5, 0.6) is 0 Å². The Labute approximate surface area is 117 Å². The molecule has 1 aliphatic rings. The topological polar surface area (TPSA) is 49.4 Å². The van der Waals surface area contributed by atoms with E-state index in [1.54, 1.807) is 11.0 Å². The first-order valence-electron chi connectivity index (χ1n) is 6.37. The van der Waals surface area contributed by atoms with E-state index in [0.717, 1.165) is 11.3 Å². The van der Waals surface area contributed by atoms with Crippen LogP contribution in [-0.4, -0.2) is 24.9 Å². The minimum absolute atomic E-state index is 0.0313. The Hall–Kier alpha value is -1.55. The Morgan fingerprint density at radius 1 is 1.53 bits per heavy atom. The summed E-state index contributed by atoms with van der Waals surface area (Å²) in [6, 6.07) is 5.51. The quantitative estimate of drug-likeness (QED) is 0.922. The molecular formula is C14H17ClN2O2. The van der Waals surface area contributed by atoms with Crippen LogP contribution in [0.25, 0.3) is 0 Å². The number of aryl methyl sites for hydroxylation is 1. The van der Waals surface area contributed by atoms with E-state index in [1.807, 2.05) is 26.0 Å². The van der Waals surface area contributed by atoms with Gasteiger partial charge in [-0.2, -0.15) is 0 Å². The summed E-state index contributed by atoms with van der Waals surface area (Å²) in [5.74, 6) is -0.361. The van der Waals surface area contributed by atoms with Crippen molar-refractivity contribution in [1.29, 1.82) is 0 Å². The molecule has 1 heterocycles. The van der Waals surface area contributed by atoms with Gasteiger partial charge in [0.1, 0.15) is 0 Å². The fourth-order valence-electron chi connectivity index (χ4n) is 2.20. The number of halogens is 1. The van der Waals surface area contributed by atoms with E-state index in [2.05, 4.69) is 5.32 Å². The summed E-state index contributed by atoms with van der Waals surface area (Å²) in [6.07, 6.45) is 0.261. The van der Waals surface area contributed by atoms with Crippen LogP contribution in [0.2, 0.25) is 5.02 Å². The van der Waals surface area contributed by atoms with Crippen LogP contribution in [0.4, 0.5) is 5.69 Å². The van der Waals surface area contributed by atoms with Crippen LogP contribution in [-0.2, 0) is 9.59 Å². The maximum atomic E-state index is 12.0. The van der Waals surface area contributed by atoms with Gasteiger partial charge in [-0.25, -0.2) is 0 Å². The van der Waals surface area contributed by atoms with Gasteiger partial charge < -0.3 is 10.2 Å². The zero-order valence-corrected chi connectivity index (χ0v) is 11.8. The molecule has 2 amide bonds. The number of benzene rings is 1. The van der Waals surface area contributed by atoms with Crippen molar-refractivity contribution < 1.29 is 9.59 Å². The molecule has 1 aliphatic heterocycles. The van der Waals surface area contributed by atoms with Gasteiger partial charge in [-0.3, -0.25) is 9.59 Å². The van der Waals surface area contributed by atoms with Crippen molar-refractivity contribution in [2.24, 2.45) is 5.92 Å². The van der Waals surface area contributed by atoms with Crippen LogP contribution in [0.15, 0.2) is 18.2 Å². The maximum Gasteiger partial charge on any atom is 0.227 e. The molecule has 0 aromatic heterocycles. The van der Waals surface area contributed by atoms with Gasteiger partial charge in [-0.1, -0.05) is 17.7 Å². The van der Waals surface area contributed by atoms with Crippen LogP contribution >= 0.6 is 11.6 Å². The molecule has 1 fully saturated rings. The zero-order valence-electron chi connectivity index (χ0n) is 11.1. The van der Waals surface area contributed by atoms with Gasteiger partial charge in [-0.15, -0.1) is 0 Å². The fraction of sp³-hybridized carbons (Fsp3) is 0.429. The van der Waals surface area contributed by atoms with Gasteiger partial charge in [0.25, 0.3) is 0 Å². The molecule has 0 radical (unpaired) electrons. The Morgan fingerprint density at radius 3 is 2.89 bits per heavy atom. The van der Waals surface area contributed by atoms with Crippen LogP contribution < -0.4 is 10.2 Å².